The summed E-state index contributed by atoms with van der Waals surface area (Å²) in [6.45, 7) is 3.88. The number of hydrogen-bond acceptors (Lipinski definition) is 4. The number of aromatic nitrogens is 3. The molecule has 6 nitrogen and oxygen atoms in total. The second-order valence-corrected chi connectivity index (χ2v) is 5.56. The van der Waals surface area contributed by atoms with Gasteiger partial charge >= 0.3 is 0 Å². The Bertz CT molecular complexity index is 792. The Morgan fingerprint density at radius 3 is 2.78 bits per heavy atom. The smallest absolute Gasteiger partial charge is 0.273 e. The van der Waals surface area contributed by atoms with Crippen molar-refractivity contribution in [3.63, 3.8) is 0 Å². The number of aromatic amines is 1. The third kappa shape index (κ3) is 3.66. The van der Waals surface area contributed by atoms with Gasteiger partial charge in [-0.05, 0) is 19.9 Å². The zero-order chi connectivity index (χ0) is 16.2. The minimum Gasteiger partial charge on any atom is -0.355 e. The summed E-state index contributed by atoms with van der Waals surface area (Å²) in [4.78, 5) is 12.2. The van der Waals surface area contributed by atoms with Crippen LogP contribution in [-0.4, -0.2) is 27.3 Å². The molecular formula is C17H18N4O2. The van der Waals surface area contributed by atoms with Crippen LogP contribution in [0.5, 0.6) is 0 Å². The number of nitrogens with zero attached hydrogens (tertiary/aromatic N) is 2. The highest BCUT2D eigenvalue weighted by atomic mass is 16.5. The highest BCUT2D eigenvalue weighted by molar-refractivity contribution is 5.93. The molecule has 3 rings (SSSR count). The Labute approximate surface area is 133 Å². The van der Waals surface area contributed by atoms with Crippen molar-refractivity contribution in [1.82, 2.24) is 20.7 Å². The van der Waals surface area contributed by atoms with Crippen LogP contribution in [0.25, 0.3) is 11.3 Å². The number of benzene rings is 1. The van der Waals surface area contributed by atoms with Crippen LogP contribution in [0.4, 0.5) is 0 Å². The van der Waals surface area contributed by atoms with Crippen LogP contribution in [0.15, 0.2) is 47.0 Å². The quantitative estimate of drug-likeness (QED) is 0.759. The van der Waals surface area contributed by atoms with E-state index in [0.717, 1.165) is 17.0 Å². The maximum absolute atomic E-state index is 12.2. The lowest BCUT2D eigenvalue weighted by Crippen LogP contribution is -2.34. The van der Waals surface area contributed by atoms with Gasteiger partial charge in [0.25, 0.3) is 5.91 Å². The molecule has 0 saturated carbocycles. The van der Waals surface area contributed by atoms with E-state index in [-0.39, 0.29) is 17.6 Å². The van der Waals surface area contributed by atoms with Gasteiger partial charge in [-0.1, -0.05) is 35.5 Å². The second-order valence-electron chi connectivity index (χ2n) is 5.56. The van der Waals surface area contributed by atoms with Crippen molar-refractivity contribution in [2.24, 2.45) is 0 Å². The molecule has 2 N–H and O–H groups in total. The van der Waals surface area contributed by atoms with Crippen LogP contribution in [-0.2, 0) is 6.42 Å². The van der Waals surface area contributed by atoms with Crippen molar-refractivity contribution in [2.45, 2.75) is 26.3 Å². The summed E-state index contributed by atoms with van der Waals surface area (Å²) >= 11 is 0. The molecule has 0 spiro atoms. The minimum atomic E-state index is -0.254. The van der Waals surface area contributed by atoms with Gasteiger partial charge in [0.15, 0.2) is 11.5 Å². The van der Waals surface area contributed by atoms with Crippen molar-refractivity contribution < 1.29 is 9.32 Å². The van der Waals surface area contributed by atoms with Gasteiger partial charge in [0, 0.05) is 29.8 Å². The Kier molecular flexibility index (Phi) is 4.23. The fraction of sp³-hybridized carbons (Fsp3) is 0.235. The molecule has 0 radical (unpaired) electrons. The Balaban J connectivity index is 1.63. The lowest BCUT2D eigenvalue weighted by atomic mass is 10.1. The minimum absolute atomic E-state index is 0.0536. The molecule has 0 bridgehead atoms. The zero-order valence-corrected chi connectivity index (χ0v) is 13.0. The highest BCUT2D eigenvalue weighted by Gasteiger charge is 2.16. The number of aryl methyl sites for hydroxylation is 1. The van der Waals surface area contributed by atoms with Crippen LogP contribution < -0.4 is 5.32 Å². The van der Waals surface area contributed by atoms with E-state index < -0.39 is 0 Å². The molecule has 3 aromatic rings. The van der Waals surface area contributed by atoms with Gasteiger partial charge in [-0.15, -0.1) is 0 Å². The largest absolute Gasteiger partial charge is 0.355 e. The molecule has 118 valence electrons. The van der Waals surface area contributed by atoms with E-state index in [9.17, 15) is 4.79 Å². The summed E-state index contributed by atoms with van der Waals surface area (Å²) in [6, 6.07) is 13.1. The fourth-order valence-corrected chi connectivity index (χ4v) is 2.36. The first-order valence-electron chi connectivity index (χ1n) is 7.45. The molecule has 1 atom stereocenters. The maximum atomic E-state index is 12.2. The molecule has 0 fully saturated rings. The van der Waals surface area contributed by atoms with E-state index in [0.29, 0.717) is 12.2 Å². The van der Waals surface area contributed by atoms with Gasteiger partial charge in [0.2, 0.25) is 0 Å². The van der Waals surface area contributed by atoms with Crippen molar-refractivity contribution in [1.29, 1.82) is 0 Å². The molecule has 0 aliphatic heterocycles. The lowest BCUT2D eigenvalue weighted by molar-refractivity contribution is 0.0931. The average molecular weight is 310 g/mol. The summed E-state index contributed by atoms with van der Waals surface area (Å²) in [6.07, 6.45) is 0.652. The first-order chi connectivity index (χ1) is 11.1. The van der Waals surface area contributed by atoms with E-state index >= 15 is 0 Å². The molecule has 0 aliphatic rings. The van der Waals surface area contributed by atoms with Gasteiger partial charge in [0.05, 0.1) is 5.69 Å². The SMILES string of the molecule is Cc1cc(CC(C)NC(=O)c2cc(-c3ccccc3)on2)n[nH]1. The van der Waals surface area contributed by atoms with Crippen LogP contribution in [0.1, 0.15) is 28.8 Å². The molecule has 23 heavy (non-hydrogen) atoms. The summed E-state index contributed by atoms with van der Waals surface area (Å²) in [5.74, 6) is 0.321. The van der Waals surface area contributed by atoms with E-state index in [1.807, 2.05) is 50.2 Å². The van der Waals surface area contributed by atoms with Crippen LogP contribution >= 0.6 is 0 Å². The van der Waals surface area contributed by atoms with Crippen molar-refractivity contribution in [3.05, 3.63) is 59.5 Å². The van der Waals surface area contributed by atoms with E-state index in [1.54, 1.807) is 6.07 Å². The Hall–Kier alpha value is -2.89. The molecule has 1 aromatic carbocycles. The Morgan fingerprint density at radius 1 is 1.30 bits per heavy atom. The monoisotopic (exact) mass is 310 g/mol. The number of carbonyl (C=O) groups is 1. The number of nitrogens with one attached hydrogen (secondary N) is 2. The third-order valence-electron chi connectivity index (χ3n) is 3.45. The summed E-state index contributed by atoms with van der Waals surface area (Å²) in [7, 11) is 0. The van der Waals surface area contributed by atoms with Gasteiger partial charge in [-0.3, -0.25) is 9.89 Å². The lowest BCUT2D eigenvalue weighted by Gasteiger charge is -2.10. The number of amides is 1. The summed E-state index contributed by atoms with van der Waals surface area (Å²) < 4.78 is 5.25. The topological polar surface area (TPSA) is 83.8 Å². The van der Waals surface area contributed by atoms with Crippen molar-refractivity contribution in [2.75, 3.05) is 0 Å². The van der Waals surface area contributed by atoms with Crippen LogP contribution in [0.3, 0.4) is 0 Å². The third-order valence-corrected chi connectivity index (χ3v) is 3.45. The second kappa shape index (κ2) is 6.48. The van der Waals surface area contributed by atoms with E-state index in [1.165, 1.54) is 0 Å². The zero-order valence-electron chi connectivity index (χ0n) is 13.0. The number of H-pyrrole nitrogens is 1. The van der Waals surface area contributed by atoms with Gasteiger partial charge < -0.3 is 9.84 Å². The predicted octanol–water partition coefficient (Wildman–Crippen LogP) is 2.73. The average Bonchev–Trinajstić information content (AvgIpc) is 3.17. The highest BCUT2D eigenvalue weighted by Crippen LogP contribution is 2.19. The molecule has 0 aliphatic carbocycles. The van der Waals surface area contributed by atoms with E-state index in [2.05, 4.69) is 20.7 Å². The molecule has 2 aromatic heterocycles. The predicted molar refractivity (Wildman–Crippen MR) is 85.9 cm³/mol. The maximum Gasteiger partial charge on any atom is 0.273 e. The molecule has 2 heterocycles. The van der Waals surface area contributed by atoms with Gasteiger partial charge in [-0.25, -0.2) is 0 Å². The number of carbonyl (C=O) groups excluding carboxylic acids is 1. The molecular weight excluding hydrogens is 292 g/mol. The summed E-state index contributed by atoms with van der Waals surface area (Å²) in [5, 5.41) is 13.8. The van der Waals surface area contributed by atoms with Gasteiger partial charge in [-0.2, -0.15) is 5.10 Å². The van der Waals surface area contributed by atoms with Crippen molar-refractivity contribution >= 4 is 5.91 Å². The van der Waals surface area contributed by atoms with Crippen LogP contribution in [0.2, 0.25) is 0 Å². The van der Waals surface area contributed by atoms with Crippen LogP contribution in [0, 0.1) is 6.92 Å². The first-order valence-corrected chi connectivity index (χ1v) is 7.45. The molecule has 1 unspecified atom stereocenters. The normalized spacial score (nSPS) is 12.1. The molecule has 0 saturated heterocycles. The molecule has 1 amide bonds. The summed E-state index contributed by atoms with van der Waals surface area (Å²) in [5.41, 5.74) is 3.08. The standard InChI is InChI=1S/C17H18N4O2/c1-11(8-14-9-12(2)19-20-14)18-17(22)15-10-16(23-21-15)13-6-4-3-5-7-13/h3-7,9-11H,8H2,1-2H3,(H,18,22)(H,19,20). The van der Waals surface area contributed by atoms with E-state index in [4.69, 9.17) is 4.52 Å². The fourth-order valence-electron chi connectivity index (χ4n) is 2.36. The first kappa shape index (κ1) is 15.0. The van der Waals surface area contributed by atoms with Gasteiger partial charge in [0.1, 0.15) is 0 Å². The Morgan fingerprint density at radius 2 is 2.09 bits per heavy atom. The van der Waals surface area contributed by atoms with Crippen molar-refractivity contribution in [3.8, 4) is 11.3 Å². The number of rotatable bonds is 5. The molecule has 6 heteroatoms. The number of hydrogen-bond donors (Lipinski definition) is 2.